The molecular formula is C31H34N6O2. The molecule has 1 unspecified atom stereocenters. The van der Waals surface area contributed by atoms with Gasteiger partial charge in [-0.05, 0) is 75.2 Å². The lowest BCUT2D eigenvalue weighted by Gasteiger charge is -2.32. The van der Waals surface area contributed by atoms with Crippen LogP contribution in [-0.2, 0) is 24.4 Å². The van der Waals surface area contributed by atoms with E-state index < -0.39 is 0 Å². The van der Waals surface area contributed by atoms with Gasteiger partial charge < -0.3 is 14.0 Å². The molecule has 6 heterocycles. The molecule has 39 heavy (non-hydrogen) atoms. The maximum absolute atomic E-state index is 6.11. The van der Waals surface area contributed by atoms with Crippen molar-refractivity contribution in [2.24, 2.45) is 0 Å². The minimum Gasteiger partial charge on any atom is -0.473 e. The minimum absolute atomic E-state index is 0.306. The second-order valence-electron chi connectivity index (χ2n) is 10.8. The van der Waals surface area contributed by atoms with Gasteiger partial charge in [0, 0.05) is 42.2 Å². The first-order chi connectivity index (χ1) is 19.2. The van der Waals surface area contributed by atoms with E-state index in [1.165, 1.54) is 11.1 Å². The normalized spacial score (nSPS) is 18.5. The third-order valence-electron chi connectivity index (χ3n) is 8.18. The monoisotopic (exact) mass is 522 g/mol. The van der Waals surface area contributed by atoms with E-state index in [1.807, 2.05) is 35.1 Å². The molecule has 1 aromatic carbocycles. The van der Waals surface area contributed by atoms with Crippen molar-refractivity contribution in [1.82, 2.24) is 29.0 Å². The lowest BCUT2D eigenvalue weighted by Crippen LogP contribution is -2.35. The third-order valence-corrected chi connectivity index (χ3v) is 8.18. The SMILES string of the molecule is Cc1ccc2nc(CN3CCC(c4cccc(OCc5cccn6nccc56)n4)CC3)n(CC3CCO3)c2c1. The third kappa shape index (κ3) is 5.02. The lowest BCUT2D eigenvalue weighted by atomic mass is 9.93. The highest BCUT2D eigenvalue weighted by molar-refractivity contribution is 5.77. The predicted octanol–water partition coefficient (Wildman–Crippen LogP) is 5.13. The number of nitrogens with zero attached hydrogens (tertiary/aromatic N) is 6. The number of fused-ring (bicyclic) bond motifs is 2. The Morgan fingerprint density at radius 1 is 0.974 bits per heavy atom. The summed E-state index contributed by atoms with van der Waals surface area (Å²) in [5.41, 5.74) is 6.85. The van der Waals surface area contributed by atoms with Crippen molar-refractivity contribution in [2.75, 3.05) is 19.7 Å². The summed E-state index contributed by atoms with van der Waals surface area (Å²) >= 11 is 0. The molecule has 4 aromatic heterocycles. The first kappa shape index (κ1) is 24.3. The molecule has 8 heteroatoms. The highest BCUT2D eigenvalue weighted by Gasteiger charge is 2.26. The molecule has 2 aliphatic heterocycles. The number of benzene rings is 1. The lowest BCUT2D eigenvalue weighted by molar-refractivity contribution is -0.0592. The second kappa shape index (κ2) is 10.4. The topological polar surface area (TPSA) is 69.7 Å². The van der Waals surface area contributed by atoms with E-state index >= 15 is 0 Å². The van der Waals surface area contributed by atoms with Crippen LogP contribution in [0.2, 0.25) is 0 Å². The molecule has 5 aromatic rings. The van der Waals surface area contributed by atoms with E-state index in [0.29, 0.717) is 24.5 Å². The summed E-state index contributed by atoms with van der Waals surface area (Å²) in [6, 6.07) is 18.8. The van der Waals surface area contributed by atoms with Crippen LogP contribution in [0.1, 0.15) is 47.8 Å². The minimum atomic E-state index is 0.306. The first-order valence-corrected chi connectivity index (χ1v) is 14.0. The van der Waals surface area contributed by atoms with Crippen LogP contribution >= 0.6 is 0 Å². The maximum atomic E-state index is 6.11. The van der Waals surface area contributed by atoms with Gasteiger partial charge in [0.15, 0.2) is 0 Å². The average molecular weight is 523 g/mol. The van der Waals surface area contributed by atoms with Gasteiger partial charge in [0.2, 0.25) is 5.88 Å². The fourth-order valence-electron chi connectivity index (χ4n) is 5.85. The van der Waals surface area contributed by atoms with E-state index in [4.69, 9.17) is 19.4 Å². The number of aromatic nitrogens is 5. The maximum Gasteiger partial charge on any atom is 0.213 e. The summed E-state index contributed by atoms with van der Waals surface area (Å²) in [6.07, 6.45) is 7.35. The number of ether oxygens (including phenoxy) is 2. The Labute approximate surface area is 228 Å². The molecule has 0 amide bonds. The smallest absolute Gasteiger partial charge is 0.213 e. The van der Waals surface area contributed by atoms with Crippen molar-refractivity contribution in [1.29, 1.82) is 0 Å². The second-order valence-corrected chi connectivity index (χ2v) is 10.8. The van der Waals surface area contributed by atoms with Crippen molar-refractivity contribution in [2.45, 2.75) is 57.9 Å². The fraction of sp³-hybridized carbons (Fsp3) is 0.387. The van der Waals surface area contributed by atoms with Crippen molar-refractivity contribution in [3.05, 3.63) is 89.6 Å². The number of hydrogen-bond acceptors (Lipinski definition) is 6. The van der Waals surface area contributed by atoms with Crippen LogP contribution in [0, 0.1) is 6.92 Å². The van der Waals surface area contributed by atoms with Gasteiger partial charge in [0.1, 0.15) is 12.4 Å². The zero-order valence-electron chi connectivity index (χ0n) is 22.4. The molecule has 0 bridgehead atoms. The Morgan fingerprint density at radius 2 is 1.87 bits per heavy atom. The van der Waals surface area contributed by atoms with Crippen LogP contribution in [0.25, 0.3) is 16.6 Å². The molecule has 8 nitrogen and oxygen atoms in total. The molecule has 2 saturated heterocycles. The molecule has 7 rings (SSSR count). The van der Waals surface area contributed by atoms with Crippen LogP contribution in [0.5, 0.6) is 5.88 Å². The number of imidazole rings is 1. The van der Waals surface area contributed by atoms with E-state index in [1.54, 1.807) is 0 Å². The van der Waals surface area contributed by atoms with Gasteiger partial charge in [0.05, 0.1) is 35.7 Å². The van der Waals surface area contributed by atoms with Crippen LogP contribution in [-0.4, -0.2) is 54.8 Å². The predicted molar refractivity (Wildman–Crippen MR) is 150 cm³/mol. The van der Waals surface area contributed by atoms with Crippen molar-refractivity contribution in [3.8, 4) is 5.88 Å². The van der Waals surface area contributed by atoms with Crippen LogP contribution < -0.4 is 4.74 Å². The number of hydrogen-bond donors (Lipinski definition) is 0. The quantitative estimate of drug-likeness (QED) is 0.281. The van der Waals surface area contributed by atoms with Crippen LogP contribution in [0.4, 0.5) is 0 Å². The molecule has 0 spiro atoms. The summed E-state index contributed by atoms with van der Waals surface area (Å²) in [7, 11) is 0. The Morgan fingerprint density at radius 3 is 2.72 bits per heavy atom. The van der Waals surface area contributed by atoms with Gasteiger partial charge in [-0.25, -0.2) is 14.5 Å². The van der Waals surface area contributed by atoms with Gasteiger partial charge in [0.25, 0.3) is 0 Å². The molecule has 0 N–H and O–H groups in total. The molecular weight excluding hydrogens is 488 g/mol. The van der Waals surface area contributed by atoms with Gasteiger partial charge in [-0.1, -0.05) is 18.2 Å². The Balaban J connectivity index is 1.00. The summed E-state index contributed by atoms with van der Waals surface area (Å²) in [6.45, 7) is 7.31. The molecule has 0 saturated carbocycles. The average Bonchev–Trinajstić information content (AvgIpc) is 3.55. The van der Waals surface area contributed by atoms with E-state index in [2.05, 4.69) is 57.9 Å². The Kier molecular flexibility index (Phi) is 6.50. The number of aryl methyl sites for hydroxylation is 1. The van der Waals surface area contributed by atoms with Crippen LogP contribution in [0.15, 0.2) is 67.0 Å². The van der Waals surface area contributed by atoms with Crippen molar-refractivity contribution in [3.63, 3.8) is 0 Å². The zero-order valence-corrected chi connectivity index (χ0v) is 22.4. The molecule has 0 radical (unpaired) electrons. The van der Waals surface area contributed by atoms with Crippen LogP contribution in [0.3, 0.4) is 0 Å². The number of likely N-dealkylation sites (tertiary alicyclic amines) is 1. The van der Waals surface area contributed by atoms with Gasteiger partial charge in [-0.3, -0.25) is 4.90 Å². The molecule has 2 aliphatic rings. The van der Waals surface area contributed by atoms with Crippen molar-refractivity contribution >= 4 is 16.6 Å². The Hall–Kier alpha value is -3.75. The number of rotatable bonds is 8. The zero-order chi connectivity index (χ0) is 26.2. The summed E-state index contributed by atoms with van der Waals surface area (Å²) in [5, 5.41) is 4.31. The van der Waals surface area contributed by atoms with Gasteiger partial charge >= 0.3 is 0 Å². The molecule has 2 fully saturated rings. The van der Waals surface area contributed by atoms with Gasteiger partial charge in [-0.15, -0.1) is 0 Å². The van der Waals surface area contributed by atoms with Crippen molar-refractivity contribution < 1.29 is 9.47 Å². The number of pyridine rings is 2. The molecule has 1 atom stereocenters. The first-order valence-electron chi connectivity index (χ1n) is 14.0. The van der Waals surface area contributed by atoms with E-state index in [-0.39, 0.29) is 0 Å². The van der Waals surface area contributed by atoms with Gasteiger partial charge in [-0.2, -0.15) is 5.10 Å². The standard InChI is InChI=1S/C31H34N6O2/c1-22-7-8-27-29(18-22)36(19-25-12-17-38-25)30(33-27)20-35-15-10-23(11-16-35)26-5-2-6-31(34-26)39-21-24-4-3-14-37-28(24)9-13-32-37/h2-9,13-14,18,23,25H,10-12,15-17,19-21H2,1H3. The number of piperidine rings is 1. The molecule has 200 valence electrons. The van der Waals surface area contributed by atoms with E-state index in [0.717, 1.165) is 80.2 Å². The van der Waals surface area contributed by atoms with E-state index in [9.17, 15) is 0 Å². The Bertz CT molecular complexity index is 1600. The largest absolute Gasteiger partial charge is 0.473 e. The highest BCUT2D eigenvalue weighted by atomic mass is 16.5. The summed E-state index contributed by atoms with van der Waals surface area (Å²) in [5.74, 6) is 2.26. The molecule has 0 aliphatic carbocycles. The highest BCUT2D eigenvalue weighted by Crippen LogP contribution is 2.30. The summed E-state index contributed by atoms with van der Waals surface area (Å²) < 4.78 is 16.2. The fourth-order valence-corrected chi connectivity index (χ4v) is 5.85. The summed E-state index contributed by atoms with van der Waals surface area (Å²) in [4.78, 5) is 12.5.